The third-order valence-corrected chi connectivity index (χ3v) is 5.69. The molecular weight excluding hydrogens is 274 g/mol. The first-order valence-electron chi connectivity index (χ1n) is 6.93. The molecule has 1 aromatic carbocycles. The molecule has 20 heavy (non-hydrogen) atoms. The van der Waals surface area contributed by atoms with Crippen LogP contribution in [0.4, 0.5) is 5.69 Å². The average molecular weight is 297 g/mol. The third kappa shape index (κ3) is 2.97. The van der Waals surface area contributed by atoms with E-state index in [0.717, 1.165) is 31.6 Å². The van der Waals surface area contributed by atoms with E-state index in [0.29, 0.717) is 17.4 Å². The Hall–Kier alpha value is -1.11. The fourth-order valence-corrected chi connectivity index (χ4v) is 3.76. The summed E-state index contributed by atoms with van der Waals surface area (Å²) >= 11 is 0. The lowest BCUT2D eigenvalue weighted by molar-refractivity contribution is 0.520. The van der Waals surface area contributed by atoms with E-state index in [1.807, 2.05) is 12.1 Å². The number of nitrogens with zero attached hydrogens (tertiary/aromatic N) is 2. The van der Waals surface area contributed by atoms with Gasteiger partial charge in [0, 0.05) is 27.2 Å². The van der Waals surface area contributed by atoms with Crippen LogP contribution in [-0.4, -0.2) is 46.5 Å². The molecule has 112 valence electrons. The number of sulfonamides is 1. The van der Waals surface area contributed by atoms with E-state index in [9.17, 15) is 8.42 Å². The van der Waals surface area contributed by atoms with Crippen molar-refractivity contribution < 1.29 is 8.42 Å². The van der Waals surface area contributed by atoms with Crippen molar-refractivity contribution in [3.8, 4) is 0 Å². The van der Waals surface area contributed by atoms with Crippen LogP contribution in [0.1, 0.15) is 12.8 Å². The Kier molecular flexibility index (Phi) is 4.67. The van der Waals surface area contributed by atoms with Crippen molar-refractivity contribution in [2.75, 3.05) is 38.6 Å². The summed E-state index contributed by atoms with van der Waals surface area (Å²) in [6.45, 7) is 2.47. The van der Waals surface area contributed by atoms with Gasteiger partial charge in [-0.1, -0.05) is 12.1 Å². The molecule has 0 amide bonds. The third-order valence-electron chi connectivity index (χ3n) is 3.83. The first-order chi connectivity index (χ1) is 9.46. The molecule has 1 unspecified atom stereocenters. The maximum absolute atomic E-state index is 12.4. The lowest BCUT2D eigenvalue weighted by atomic mass is 10.1. The fraction of sp³-hybridized carbons (Fsp3) is 0.571. The van der Waals surface area contributed by atoms with Crippen molar-refractivity contribution in [2.45, 2.75) is 17.7 Å². The van der Waals surface area contributed by atoms with Gasteiger partial charge in [0.25, 0.3) is 0 Å². The van der Waals surface area contributed by atoms with Crippen LogP contribution in [0.25, 0.3) is 0 Å². The summed E-state index contributed by atoms with van der Waals surface area (Å²) in [5.74, 6) is 0.565. The van der Waals surface area contributed by atoms with Crippen molar-refractivity contribution in [1.82, 2.24) is 4.31 Å². The molecule has 1 aromatic rings. The number of anilines is 1. The quantitative estimate of drug-likeness (QED) is 0.884. The van der Waals surface area contributed by atoms with Gasteiger partial charge in [0.1, 0.15) is 4.90 Å². The highest BCUT2D eigenvalue weighted by molar-refractivity contribution is 7.89. The van der Waals surface area contributed by atoms with E-state index in [-0.39, 0.29) is 0 Å². The number of benzene rings is 1. The monoisotopic (exact) mass is 297 g/mol. The lowest BCUT2D eigenvalue weighted by Gasteiger charge is -2.23. The second-order valence-corrected chi connectivity index (χ2v) is 7.55. The van der Waals surface area contributed by atoms with Gasteiger partial charge in [-0.05, 0) is 37.4 Å². The molecule has 2 rings (SSSR count). The van der Waals surface area contributed by atoms with Gasteiger partial charge in [0.2, 0.25) is 10.0 Å². The van der Waals surface area contributed by atoms with E-state index >= 15 is 0 Å². The topological polar surface area (TPSA) is 66.6 Å². The van der Waals surface area contributed by atoms with Gasteiger partial charge >= 0.3 is 0 Å². The van der Waals surface area contributed by atoms with E-state index in [2.05, 4.69) is 4.90 Å². The number of nitrogens with two attached hydrogens (primary N) is 1. The summed E-state index contributed by atoms with van der Waals surface area (Å²) in [4.78, 5) is 2.55. The van der Waals surface area contributed by atoms with Gasteiger partial charge < -0.3 is 10.6 Å². The van der Waals surface area contributed by atoms with Crippen LogP contribution in [0.3, 0.4) is 0 Å². The summed E-state index contributed by atoms with van der Waals surface area (Å²) in [6.07, 6.45) is 2.08. The Morgan fingerprint density at radius 2 is 2.05 bits per heavy atom. The van der Waals surface area contributed by atoms with Crippen molar-refractivity contribution in [1.29, 1.82) is 0 Å². The normalized spacial score (nSPS) is 19.8. The van der Waals surface area contributed by atoms with Crippen LogP contribution in [0, 0.1) is 5.92 Å². The number of hydrogen-bond donors (Lipinski definition) is 1. The van der Waals surface area contributed by atoms with E-state index in [4.69, 9.17) is 5.73 Å². The second kappa shape index (κ2) is 6.11. The molecule has 1 aliphatic rings. The smallest absolute Gasteiger partial charge is 0.244 e. The molecule has 5 nitrogen and oxygen atoms in total. The van der Waals surface area contributed by atoms with Crippen molar-refractivity contribution in [3.05, 3.63) is 24.3 Å². The molecule has 0 aliphatic carbocycles. The largest absolute Gasteiger partial charge is 0.370 e. The summed E-state index contributed by atoms with van der Waals surface area (Å²) in [5, 5.41) is 0. The molecule has 1 aliphatic heterocycles. The van der Waals surface area contributed by atoms with Gasteiger partial charge in [-0.25, -0.2) is 12.7 Å². The minimum absolute atomic E-state index is 0.387. The highest BCUT2D eigenvalue weighted by Crippen LogP contribution is 2.31. The molecule has 1 atom stereocenters. The Labute approximate surface area is 121 Å². The zero-order valence-corrected chi connectivity index (χ0v) is 12.9. The van der Waals surface area contributed by atoms with Crippen LogP contribution in [0.5, 0.6) is 0 Å². The van der Waals surface area contributed by atoms with Gasteiger partial charge in [-0.15, -0.1) is 0 Å². The van der Waals surface area contributed by atoms with E-state index in [1.54, 1.807) is 26.2 Å². The van der Waals surface area contributed by atoms with Gasteiger partial charge in [-0.3, -0.25) is 0 Å². The zero-order valence-electron chi connectivity index (χ0n) is 12.1. The minimum atomic E-state index is -3.41. The Morgan fingerprint density at radius 3 is 2.70 bits per heavy atom. The summed E-state index contributed by atoms with van der Waals surface area (Å²) in [6, 6.07) is 7.23. The number of hydrogen-bond acceptors (Lipinski definition) is 4. The van der Waals surface area contributed by atoms with Gasteiger partial charge in [0.15, 0.2) is 0 Å². The predicted octanol–water partition coefficient (Wildman–Crippen LogP) is 1.11. The SMILES string of the molecule is CN(C)S(=O)(=O)c1ccccc1N1CCC(CCN)C1. The maximum Gasteiger partial charge on any atom is 0.244 e. The van der Waals surface area contributed by atoms with Crippen LogP contribution >= 0.6 is 0 Å². The van der Waals surface area contributed by atoms with Crippen molar-refractivity contribution in [3.63, 3.8) is 0 Å². The standard InChI is InChI=1S/C14H23N3O2S/c1-16(2)20(18,19)14-6-4-3-5-13(14)17-10-8-12(11-17)7-9-15/h3-6,12H,7-11,15H2,1-2H3. The average Bonchev–Trinajstić information content (AvgIpc) is 2.87. The molecule has 0 radical (unpaired) electrons. The minimum Gasteiger partial charge on any atom is -0.370 e. The summed E-state index contributed by atoms with van der Waals surface area (Å²) in [5.41, 5.74) is 6.42. The van der Waals surface area contributed by atoms with E-state index < -0.39 is 10.0 Å². The van der Waals surface area contributed by atoms with Crippen LogP contribution in [-0.2, 0) is 10.0 Å². The van der Waals surface area contributed by atoms with Gasteiger partial charge in [-0.2, -0.15) is 0 Å². The summed E-state index contributed by atoms with van der Waals surface area (Å²) < 4.78 is 26.1. The molecule has 0 bridgehead atoms. The Morgan fingerprint density at radius 1 is 1.35 bits per heavy atom. The Balaban J connectivity index is 2.30. The lowest BCUT2D eigenvalue weighted by Crippen LogP contribution is -2.27. The first-order valence-corrected chi connectivity index (χ1v) is 8.37. The molecule has 0 saturated carbocycles. The highest BCUT2D eigenvalue weighted by atomic mass is 32.2. The van der Waals surface area contributed by atoms with E-state index in [1.165, 1.54) is 4.31 Å². The zero-order chi connectivity index (χ0) is 14.8. The molecular formula is C14H23N3O2S. The molecule has 1 fully saturated rings. The number of rotatable bonds is 5. The maximum atomic E-state index is 12.4. The molecule has 0 spiro atoms. The number of para-hydroxylation sites is 1. The molecule has 0 aromatic heterocycles. The molecule has 6 heteroatoms. The second-order valence-electron chi connectivity index (χ2n) is 5.43. The fourth-order valence-electron chi connectivity index (χ4n) is 2.66. The van der Waals surface area contributed by atoms with Gasteiger partial charge in [0.05, 0.1) is 5.69 Å². The highest BCUT2D eigenvalue weighted by Gasteiger charge is 2.28. The molecule has 1 saturated heterocycles. The van der Waals surface area contributed by atoms with Crippen LogP contribution in [0.2, 0.25) is 0 Å². The van der Waals surface area contributed by atoms with Crippen molar-refractivity contribution in [2.24, 2.45) is 11.7 Å². The molecule has 2 N–H and O–H groups in total. The Bertz CT molecular complexity index is 557. The molecule has 1 heterocycles. The van der Waals surface area contributed by atoms with Crippen molar-refractivity contribution >= 4 is 15.7 Å². The van der Waals surface area contributed by atoms with Crippen LogP contribution in [0.15, 0.2) is 29.2 Å². The van der Waals surface area contributed by atoms with Crippen LogP contribution < -0.4 is 10.6 Å². The predicted molar refractivity (Wildman–Crippen MR) is 81.3 cm³/mol. The first kappa shape index (κ1) is 15.3. The summed E-state index contributed by atoms with van der Waals surface area (Å²) in [7, 11) is -0.282.